The van der Waals surface area contributed by atoms with Crippen molar-refractivity contribution >= 4 is 17.7 Å². The molecular weight excluding hydrogens is 366 g/mol. The summed E-state index contributed by atoms with van der Waals surface area (Å²) in [5.74, 6) is -3.25. The van der Waals surface area contributed by atoms with Crippen LogP contribution in [0.15, 0.2) is 30.3 Å². The van der Waals surface area contributed by atoms with Crippen LogP contribution in [0.1, 0.15) is 39.5 Å². The van der Waals surface area contributed by atoms with E-state index in [1.165, 1.54) is 13.0 Å². The first kappa shape index (κ1) is 19.7. The quantitative estimate of drug-likeness (QED) is 0.646. The van der Waals surface area contributed by atoms with Crippen LogP contribution < -0.4 is 5.32 Å². The average Bonchev–Trinajstić information content (AvgIpc) is 2.84. The molecule has 0 radical (unpaired) electrons. The molecule has 1 unspecified atom stereocenters. The van der Waals surface area contributed by atoms with Gasteiger partial charge in [0, 0.05) is 5.56 Å². The van der Waals surface area contributed by atoms with E-state index >= 15 is 0 Å². The first-order chi connectivity index (χ1) is 13.0. The van der Waals surface area contributed by atoms with Crippen molar-refractivity contribution in [2.75, 3.05) is 6.54 Å². The third-order valence-corrected chi connectivity index (χ3v) is 5.21. The van der Waals surface area contributed by atoms with E-state index < -0.39 is 35.7 Å². The molecule has 1 aliphatic heterocycles. The molecule has 0 spiro atoms. The van der Waals surface area contributed by atoms with Gasteiger partial charge in [-0.25, -0.2) is 13.6 Å². The summed E-state index contributed by atoms with van der Waals surface area (Å²) in [7, 11) is 0. The van der Waals surface area contributed by atoms with Crippen LogP contribution in [0.3, 0.4) is 0 Å². The molecule has 1 heterocycles. The molecule has 5 nitrogen and oxygen atoms in total. The molecule has 2 aromatic rings. The highest BCUT2D eigenvalue weighted by atomic mass is 19.2. The van der Waals surface area contributed by atoms with Gasteiger partial charge in [-0.15, -0.1) is 0 Å². The van der Waals surface area contributed by atoms with E-state index in [9.17, 15) is 23.2 Å². The van der Waals surface area contributed by atoms with Gasteiger partial charge in [0.25, 0.3) is 5.91 Å². The van der Waals surface area contributed by atoms with E-state index in [1.54, 1.807) is 13.0 Å². The first-order valence-electron chi connectivity index (χ1n) is 8.75. The number of nitrogens with zero attached hydrogens (tertiary/aromatic N) is 1. The number of hydrogen-bond acceptors (Lipinski definition) is 3. The number of hydrogen-bond donors (Lipinski definition) is 1. The van der Waals surface area contributed by atoms with Crippen LogP contribution in [-0.2, 0) is 10.3 Å². The number of Topliss-reactive ketones (excluding diaryl/α,β-unsaturated/α-hetero) is 1. The summed E-state index contributed by atoms with van der Waals surface area (Å²) in [6.07, 6.45) is 0. The number of urea groups is 1. The number of aryl methyl sites for hydroxylation is 3. The number of imide groups is 1. The molecule has 1 saturated heterocycles. The molecule has 28 heavy (non-hydrogen) atoms. The Labute approximate surface area is 161 Å². The third kappa shape index (κ3) is 3.17. The van der Waals surface area contributed by atoms with Crippen LogP contribution >= 0.6 is 0 Å². The molecule has 0 bridgehead atoms. The molecule has 2 aromatic carbocycles. The molecular formula is C21H20F2N2O3. The topological polar surface area (TPSA) is 66.5 Å². The Morgan fingerprint density at radius 2 is 1.64 bits per heavy atom. The Morgan fingerprint density at radius 1 is 1.00 bits per heavy atom. The van der Waals surface area contributed by atoms with Gasteiger partial charge >= 0.3 is 6.03 Å². The second-order valence-corrected chi connectivity index (χ2v) is 7.25. The van der Waals surface area contributed by atoms with E-state index in [2.05, 4.69) is 5.32 Å². The molecule has 7 heteroatoms. The summed E-state index contributed by atoms with van der Waals surface area (Å²) in [5.41, 5.74) is 1.67. The van der Waals surface area contributed by atoms with Crippen molar-refractivity contribution < 1.29 is 23.2 Å². The largest absolute Gasteiger partial charge is 0.325 e. The number of halogens is 2. The smallest absolute Gasteiger partial charge is 0.319 e. The fourth-order valence-electron chi connectivity index (χ4n) is 3.33. The Kier molecular flexibility index (Phi) is 4.79. The van der Waals surface area contributed by atoms with Crippen LogP contribution in [0.5, 0.6) is 0 Å². The number of amides is 3. The molecule has 0 saturated carbocycles. The van der Waals surface area contributed by atoms with Crippen molar-refractivity contribution in [3.05, 3.63) is 69.8 Å². The number of carbonyl (C=O) groups is 3. The van der Waals surface area contributed by atoms with Gasteiger partial charge in [-0.1, -0.05) is 12.1 Å². The zero-order valence-electron chi connectivity index (χ0n) is 16.0. The van der Waals surface area contributed by atoms with Gasteiger partial charge in [0.1, 0.15) is 5.54 Å². The van der Waals surface area contributed by atoms with Gasteiger partial charge in [0.15, 0.2) is 17.4 Å². The molecule has 1 atom stereocenters. The zero-order chi connectivity index (χ0) is 20.8. The Balaban J connectivity index is 1.89. The van der Waals surface area contributed by atoms with Gasteiger partial charge in [0.05, 0.1) is 6.54 Å². The number of rotatable bonds is 4. The van der Waals surface area contributed by atoms with Crippen molar-refractivity contribution in [3.63, 3.8) is 0 Å². The highest BCUT2D eigenvalue weighted by Crippen LogP contribution is 2.30. The van der Waals surface area contributed by atoms with Gasteiger partial charge in [-0.3, -0.25) is 14.5 Å². The van der Waals surface area contributed by atoms with Crippen LogP contribution in [0.4, 0.5) is 13.6 Å². The maximum absolute atomic E-state index is 13.6. The maximum atomic E-state index is 13.6. The van der Waals surface area contributed by atoms with E-state index in [4.69, 9.17) is 0 Å². The SMILES string of the molecule is Cc1cc(C)c(C(=O)CN2C(=O)NC(C)(c3ccc(F)c(F)c3)C2=O)cc1C. The fourth-order valence-corrected chi connectivity index (χ4v) is 3.33. The summed E-state index contributed by atoms with van der Waals surface area (Å²) in [6.45, 7) is 6.55. The van der Waals surface area contributed by atoms with Crippen LogP contribution in [0.2, 0.25) is 0 Å². The second kappa shape index (κ2) is 6.82. The molecule has 1 N–H and O–H groups in total. The highest BCUT2D eigenvalue weighted by Gasteiger charge is 2.49. The minimum Gasteiger partial charge on any atom is -0.319 e. The molecule has 0 aliphatic carbocycles. The van der Waals surface area contributed by atoms with Crippen LogP contribution in [0.25, 0.3) is 0 Å². The van der Waals surface area contributed by atoms with E-state index in [1.807, 2.05) is 19.9 Å². The predicted molar refractivity (Wildman–Crippen MR) is 98.9 cm³/mol. The zero-order valence-corrected chi connectivity index (χ0v) is 16.0. The summed E-state index contributed by atoms with van der Waals surface area (Å²) >= 11 is 0. The van der Waals surface area contributed by atoms with Gasteiger partial charge in [0.2, 0.25) is 0 Å². The minimum absolute atomic E-state index is 0.0991. The van der Waals surface area contributed by atoms with Crippen molar-refractivity contribution in [1.29, 1.82) is 0 Å². The monoisotopic (exact) mass is 386 g/mol. The normalized spacial score (nSPS) is 19.1. The van der Waals surface area contributed by atoms with Gasteiger partial charge in [-0.2, -0.15) is 0 Å². The second-order valence-electron chi connectivity index (χ2n) is 7.25. The predicted octanol–water partition coefficient (Wildman–Crippen LogP) is 3.54. The van der Waals surface area contributed by atoms with Crippen molar-refractivity contribution in [2.45, 2.75) is 33.2 Å². The minimum atomic E-state index is -1.58. The number of nitrogens with one attached hydrogen (secondary N) is 1. The molecule has 0 aromatic heterocycles. The van der Waals surface area contributed by atoms with Crippen LogP contribution in [-0.4, -0.2) is 29.2 Å². The van der Waals surface area contributed by atoms with E-state index in [0.29, 0.717) is 5.56 Å². The number of ketones is 1. The molecule has 3 amide bonds. The van der Waals surface area contributed by atoms with Gasteiger partial charge < -0.3 is 5.32 Å². The molecule has 3 rings (SSSR count). The summed E-state index contributed by atoms with van der Waals surface area (Å²) in [5, 5.41) is 2.48. The summed E-state index contributed by atoms with van der Waals surface area (Å²) in [4.78, 5) is 38.8. The van der Waals surface area contributed by atoms with E-state index in [-0.39, 0.29) is 11.3 Å². The molecule has 1 fully saturated rings. The maximum Gasteiger partial charge on any atom is 0.325 e. The van der Waals surface area contributed by atoms with E-state index in [0.717, 1.165) is 33.7 Å². The lowest BCUT2D eigenvalue weighted by molar-refractivity contribution is -0.130. The highest BCUT2D eigenvalue weighted by molar-refractivity contribution is 6.11. The Morgan fingerprint density at radius 3 is 2.29 bits per heavy atom. The lowest BCUT2D eigenvalue weighted by atomic mass is 9.91. The Hall–Kier alpha value is -3.09. The summed E-state index contributed by atoms with van der Waals surface area (Å²) < 4.78 is 26.8. The standard InChI is InChI=1S/C21H20F2N2O3/c1-11-7-13(3)15(8-12(11)2)18(26)10-25-19(27)21(4,24-20(25)28)14-5-6-16(22)17(23)9-14/h5-9H,10H2,1-4H3,(H,24,28). The molecule has 1 aliphatic rings. The van der Waals surface area contributed by atoms with Gasteiger partial charge in [-0.05, 0) is 68.1 Å². The third-order valence-electron chi connectivity index (χ3n) is 5.21. The lowest BCUT2D eigenvalue weighted by Crippen LogP contribution is -2.41. The summed E-state index contributed by atoms with van der Waals surface area (Å²) in [6, 6.07) is 5.84. The number of carbonyl (C=O) groups excluding carboxylic acids is 3. The van der Waals surface area contributed by atoms with Crippen molar-refractivity contribution in [1.82, 2.24) is 10.2 Å². The lowest BCUT2D eigenvalue weighted by Gasteiger charge is -2.22. The van der Waals surface area contributed by atoms with Crippen molar-refractivity contribution in [3.8, 4) is 0 Å². The van der Waals surface area contributed by atoms with Crippen molar-refractivity contribution in [2.24, 2.45) is 0 Å². The fraction of sp³-hybridized carbons (Fsp3) is 0.286. The first-order valence-corrected chi connectivity index (χ1v) is 8.75. The number of benzene rings is 2. The van der Waals surface area contributed by atoms with Crippen LogP contribution in [0, 0.1) is 32.4 Å². The Bertz CT molecular complexity index is 1020. The average molecular weight is 386 g/mol. The molecule has 146 valence electrons.